The van der Waals surface area contributed by atoms with Gasteiger partial charge in [0.25, 0.3) is 0 Å². The number of hydrogen-bond donors (Lipinski definition) is 1. The van der Waals surface area contributed by atoms with Crippen LogP contribution < -0.4 is 5.73 Å². The van der Waals surface area contributed by atoms with Crippen molar-refractivity contribution in [2.75, 3.05) is 27.3 Å². The molecule has 0 spiro atoms. The minimum absolute atomic E-state index is 0.143. The highest BCUT2D eigenvalue weighted by atomic mass is 16.5. The van der Waals surface area contributed by atoms with Crippen LogP contribution in [-0.4, -0.2) is 44.4 Å². The molecule has 2 N–H and O–H groups in total. The molecular formula is C12H20N2O3. The molecule has 1 fully saturated rings. The predicted molar refractivity (Wildman–Crippen MR) is 63.5 cm³/mol. The average Bonchev–Trinajstić information content (AvgIpc) is 2.95. The van der Waals surface area contributed by atoms with E-state index in [1.54, 1.807) is 20.5 Å². The van der Waals surface area contributed by atoms with Crippen molar-refractivity contribution in [2.24, 2.45) is 5.73 Å². The first-order valence-electron chi connectivity index (χ1n) is 5.81. The zero-order chi connectivity index (χ0) is 12.3. The van der Waals surface area contributed by atoms with Gasteiger partial charge in [0, 0.05) is 39.4 Å². The van der Waals surface area contributed by atoms with E-state index < -0.39 is 0 Å². The summed E-state index contributed by atoms with van der Waals surface area (Å²) in [5.74, 6) is 0.942. The summed E-state index contributed by atoms with van der Waals surface area (Å²) in [4.78, 5) is 2.27. The minimum Gasteiger partial charge on any atom is -0.468 e. The number of nitrogens with zero attached hydrogens (tertiary/aromatic N) is 1. The Kier molecular flexibility index (Phi) is 4.17. The summed E-state index contributed by atoms with van der Waals surface area (Å²) >= 11 is 0. The van der Waals surface area contributed by atoms with Crippen LogP contribution in [0.4, 0.5) is 0 Å². The van der Waals surface area contributed by atoms with Crippen molar-refractivity contribution >= 4 is 0 Å². The van der Waals surface area contributed by atoms with Crippen LogP contribution in [0.25, 0.3) is 0 Å². The Balaban J connectivity index is 1.92. The second-order valence-electron chi connectivity index (χ2n) is 4.37. The van der Waals surface area contributed by atoms with Gasteiger partial charge >= 0.3 is 0 Å². The summed E-state index contributed by atoms with van der Waals surface area (Å²) in [6, 6.07) is 2.00. The van der Waals surface area contributed by atoms with E-state index >= 15 is 0 Å². The second-order valence-corrected chi connectivity index (χ2v) is 4.37. The summed E-state index contributed by atoms with van der Waals surface area (Å²) in [7, 11) is 3.44. The summed E-state index contributed by atoms with van der Waals surface area (Å²) in [5.41, 5.74) is 6.58. The predicted octanol–water partition coefficient (Wildman–Crippen LogP) is 0.584. The Labute approximate surface area is 101 Å². The minimum atomic E-state index is 0.143. The largest absolute Gasteiger partial charge is 0.468 e. The number of ether oxygens (including phenoxy) is 2. The van der Waals surface area contributed by atoms with Gasteiger partial charge in [-0.1, -0.05) is 0 Å². The summed E-state index contributed by atoms with van der Waals surface area (Å²) in [5, 5.41) is 0. The van der Waals surface area contributed by atoms with Gasteiger partial charge in [-0.2, -0.15) is 0 Å². The third-order valence-corrected chi connectivity index (χ3v) is 3.22. The second kappa shape index (κ2) is 5.64. The Morgan fingerprint density at radius 2 is 2.00 bits per heavy atom. The van der Waals surface area contributed by atoms with Crippen molar-refractivity contribution in [1.29, 1.82) is 0 Å². The molecule has 1 aliphatic heterocycles. The Hall–Kier alpha value is -0.880. The molecule has 0 bridgehead atoms. The lowest BCUT2D eigenvalue weighted by Gasteiger charge is -2.13. The highest BCUT2D eigenvalue weighted by Crippen LogP contribution is 2.19. The molecule has 1 aromatic rings. The van der Waals surface area contributed by atoms with Crippen LogP contribution in [-0.2, 0) is 22.6 Å². The number of methoxy groups -OCH3 is 2. The molecular weight excluding hydrogens is 220 g/mol. The van der Waals surface area contributed by atoms with Crippen LogP contribution in [0, 0.1) is 0 Å². The lowest BCUT2D eigenvalue weighted by molar-refractivity contribution is -0.00461. The molecule has 2 unspecified atom stereocenters. The van der Waals surface area contributed by atoms with Crippen LogP contribution >= 0.6 is 0 Å². The zero-order valence-electron chi connectivity index (χ0n) is 10.4. The van der Waals surface area contributed by atoms with E-state index in [0.717, 1.165) is 31.0 Å². The van der Waals surface area contributed by atoms with Crippen LogP contribution in [0.2, 0.25) is 0 Å². The highest BCUT2D eigenvalue weighted by Gasteiger charge is 2.33. The van der Waals surface area contributed by atoms with Gasteiger partial charge in [0.15, 0.2) is 0 Å². The molecule has 1 aliphatic rings. The molecule has 2 atom stereocenters. The molecule has 2 heterocycles. The number of hydrogen-bond acceptors (Lipinski definition) is 5. The summed E-state index contributed by atoms with van der Waals surface area (Å²) in [6.45, 7) is 3.03. The van der Waals surface area contributed by atoms with E-state index in [4.69, 9.17) is 19.6 Å². The molecule has 0 radical (unpaired) electrons. The normalized spacial score (nSPS) is 25.6. The molecule has 1 saturated heterocycles. The molecule has 2 rings (SSSR count). The lowest BCUT2D eigenvalue weighted by atomic mass is 10.3. The average molecular weight is 240 g/mol. The van der Waals surface area contributed by atoms with Gasteiger partial charge in [0.1, 0.15) is 5.76 Å². The number of likely N-dealkylation sites (tertiary alicyclic amines) is 1. The van der Waals surface area contributed by atoms with Crippen molar-refractivity contribution < 1.29 is 13.9 Å². The molecule has 5 heteroatoms. The summed E-state index contributed by atoms with van der Waals surface area (Å²) < 4.78 is 16.2. The van der Waals surface area contributed by atoms with Gasteiger partial charge in [0.2, 0.25) is 0 Å². The van der Waals surface area contributed by atoms with Crippen molar-refractivity contribution in [3.8, 4) is 0 Å². The first-order chi connectivity index (χ1) is 8.26. The number of rotatable bonds is 5. The maximum Gasteiger partial charge on any atom is 0.118 e. The van der Waals surface area contributed by atoms with Crippen LogP contribution in [0.5, 0.6) is 0 Å². The van der Waals surface area contributed by atoms with E-state index in [1.165, 1.54) is 0 Å². The van der Waals surface area contributed by atoms with Gasteiger partial charge in [-0.25, -0.2) is 0 Å². The van der Waals surface area contributed by atoms with Gasteiger partial charge in [0.05, 0.1) is 25.0 Å². The summed E-state index contributed by atoms with van der Waals surface area (Å²) in [6.07, 6.45) is 2.00. The third-order valence-electron chi connectivity index (χ3n) is 3.22. The molecule has 5 nitrogen and oxygen atoms in total. The zero-order valence-corrected chi connectivity index (χ0v) is 10.4. The Morgan fingerprint density at radius 3 is 2.47 bits per heavy atom. The SMILES string of the molecule is COC1CN(Cc2cc(CN)co2)CC1OC. The maximum absolute atomic E-state index is 5.54. The van der Waals surface area contributed by atoms with E-state index in [9.17, 15) is 0 Å². The standard InChI is InChI=1S/C12H20N2O3/c1-15-11-6-14(7-12(11)16-2)5-10-3-9(4-13)8-17-10/h3,8,11-12H,4-7,13H2,1-2H3. The van der Waals surface area contributed by atoms with Crippen molar-refractivity contribution in [1.82, 2.24) is 4.90 Å². The maximum atomic E-state index is 5.54. The van der Waals surface area contributed by atoms with E-state index in [0.29, 0.717) is 6.54 Å². The third kappa shape index (κ3) is 2.87. The van der Waals surface area contributed by atoms with Gasteiger partial charge < -0.3 is 19.6 Å². The van der Waals surface area contributed by atoms with Crippen molar-refractivity contribution in [2.45, 2.75) is 25.3 Å². The smallest absolute Gasteiger partial charge is 0.118 e. The molecule has 1 aromatic heterocycles. The van der Waals surface area contributed by atoms with E-state index in [-0.39, 0.29) is 12.2 Å². The molecule has 17 heavy (non-hydrogen) atoms. The number of nitrogens with two attached hydrogens (primary N) is 1. The first-order valence-corrected chi connectivity index (χ1v) is 5.81. The van der Waals surface area contributed by atoms with Crippen molar-refractivity contribution in [3.63, 3.8) is 0 Å². The molecule has 96 valence electrons. The van der Waals surface area contributed by atoms with Crippen LogP contribution in [0.1, 0.15) is 11.3 Å². The fourth-order valence-corrected chi connectivity index (χ4v) is 2.24. The van der Waals surface area contributed by atoms with Crippen molar-refractivity contribution in [3.05, 3.63) is 23.7 Å². The van der Waals surface area contributed by atoms with Crippen LogP contribution in [0.15, 0.2) is 16.7 Å². The Morgan fingerprint density at radius 1 is 1.35 bits per heavy atom. The fourth-order valence-electron chi connectivity index (χ4n) is 2.24. The molecule has 0 amide bonds. The van der Waals surface area contributed by atoms with E-state index in [2.05, 4.69) is 4.90 Å². The van der Waals surface area contributed by atoms with E-state index in [1.807, 2.05) is 6.07 Å². The highest BCUT2D eigenvalue weighted by molar-refractivity contribution is 5.12. The van der Waals surface area contributed by atoms with Gasteiger partial charge in [-0.3, -0.25) is 4.90 Å². The van der Waals surface area contributed by atoms with Gasteiger partial charge in [-0.05, 0) is 6.07 Å². The molecule has 0 saturated carbocycles. The monoisotopic (exact) mass is 240 g/mol. The van der Waals surface area contributed by atoms with Crippen LogP contribution in [0.3, 0.4) is 0 Å². The number of furan rings is 1. The Bertz CT molecular complexity index is 341. The topological polar surface area (TPSA) is 60.9 Å². The molecule has 0 aromatic carbocycles. The van der Waals surface area contributed by atoms with Gasteiger partial charge in [-0.15, -0.1) is 0 Å². The fraction of sp³-hybridized carbons (Fsp3) is 0.667. The quantitative estimate of drug-likeness (QED) is 0.816. The lowest BCUT2D eigenvalue weighted by Crippen LogP contribution is -2.27. The first kappa shape index (κ1) is 12.6. The molecule has 0 aliphatic carbocycles.